The molecule has 4 heteroatoms. The number of rotatable bonds is 4. The Bertz CT molecular complexity index is 381. The first-order valence-corrected chi connectivity index (χ1v) is 4.85. The van der Waals surface area contributed by atoms with Crippen molar-refractivity contribution in [2.75, 3.05) is 0 Å². The lowest BCUT2D eigenvalue weighted by atomic mass is 9.93. The van der Waals surface area contributed by atoms with E-state index in [4.69, 9.17) is 22.0 Å². The Morgan fingerprint density at radius 1 is 1.47 bits per heavy atom. The molecule has 0 fully saturated rings. The molecule has 0 aliphatic heterocycles. The normalized spacial score (nSPS) is 11.7. The van der Waals surface area contributed by atoms with Crippen LogP contribution in [0.3, 0.4) is 0 Å². The average molecular weight is 224 g/mol. The van der Waals surface area contributed by atoms with Gasteiger partial charge in [-0.15, -0.1) is 0 Å². The van der Waals surface area contributed by atoms with Gasteiger partial charge in [0.05, 0.1) is 12.5 Å². The van der Waals surface area contributed by atoms with Crippen LogP contribution >= 0.6 is 11.6 Å². The summed E-state index contributed by atoms with van der Waals surface area (Å²) in [6, 6.07) is 8.90. The predicted octanol–water partition coefficient (Wildman–Crippen LogP) is 2.81. The fraction of sp³-hybridized carbons (Fsp3) is 0.273. The van der Waals surface area contributed by atoms with E-state index >= 15 is 0 Å². The van der Waals surface area contributed by atoms with Crippen molar-refractivity contribution in [1.29, 1.82) is 5.26 Å². The zero-order chi connectivity index (χ0) is 11.3. The van der Waals surface area contributed by atoms with Gasteiger partial charge in [0.25, 0.3) is 0 Å². The summed E-state index contributed by atoms with van der Waals surface area (Å²) in [5.41, 5.74) is 0.836. The minimum absolute atomic E-state index is 0.0325. The molecule has 78 valence electrons. The Hall–Kier alpha value is -1.53. The SMILES string of the molecule is N#CC[C@@H](CC(=O)O)c1ccc(Cl)cc1. The fourth-order valence-corrected chi connectivity index (χ4v) is 1.49. The van der Waals surface area contributed by atoms with Gasteiger partial charge >= 0.3 is 5.97 Å². The third-order valence-corrected chi connectivity index (χ3v) is 2.35. The topological polar surface area (TPSA) is 61.1 Å². The maximum atomic E-state index is 10.6. The average Bonchev–Trinajstić information content (AvgIpc) is 2.17. The molecule has 1 rings (SSSR count). The number of carboxylic acid groups (broad SMARTS) is 1. The van der Waals surface area contributed by atoms with Crippen LogP contribution in [-0.2, 0) is 4.79 Å². The molecule has 1 N–H and O–H groups in total. The van der Waals surface area contributed by atoms with Gasteiger partial charge in [-0.25, -0.2) is 0 Å². The van der Waals surface area contributed by atoms with E-state index in [1.165, 1.54) is 0 Å². The van der Waals surface area contributed by atoms with Crippen LogP contribution in [0, 0.1) is 11.3 Å². The summed E-state index contributed by atoms with van der Waals surface area (Å²) in [5.74, 6) is -1.16. The minimum Gasteiger partial charge on any atom is -0.481 e. The molecule has 0 heterocycles. The van der Waals surface area contributed by atoms with E-state index in [0.29, 0.717) is 5.02 Å². The van der Waals surface area contributed by atoms with Crippen LogP contribution in [0.4, 0.5) is 0 Å². The van der Waals surface area contributed by atoms with Gasteiger partial charge < -0.3 is 5.11 Å². The second kappa shape index (κ2) is 5.38. The first kappa shape index (κ1) is 11.5. The molecule has 1 atom stereocenters. The van der Waals surface area contributed by atoms with E-state index in [-0.39, 0.29) is 18.8 Å². The largest absolute Gasteiger partial charge is 0.481 e. The maximum Gasteiger partial charge on any atom is 0.303 e. The summed E-state index contributed by atoms with van der Waals surface area (Å²) in [6.07, 6.45) is 0.170. The fourth-order valence-electron chi connectivity index (χ4n) is 1.36. The molecule has 1 aromatic carbocycles. The van der Waals surface area contributed by atoms with Crippen molar-refractivity contribution in [2.24, 2.45) is 0 Å². The van der Waals surface area contributed by atoms with Gasteiger partial charge in [-0.1, -0.05) is 23.7 Å². The number of nitriles is 1. The lowest BCUT2D eigenvalue weighted by molar-refractivity contribution is -0.137. The summed E-state index contributed by atoms with van der Waals surface area (Å²) < 4.78 is 0. The number of benzene rings is 1. The smallest absolute Gasteiger partial charge is 0.303 e. The Kier molecular flexibility index (Phi) is 4.14. The van der Waals surface area contributed by atoms with E-state index in [2.05, 4.69) is 0 Å². The Morgan fingerprint density at radius 2 is 2.07 bits per heavy atom. The second-order valence-electron chi connectivity index (χ2n) is 3.21. The van der Waals surface area contributed by atoms with Gasteiger partial charge in [-0.2, -0.15) is 5.26 Å². The second-order valence-corrected chi connectivity index (χ2v) is 3.65. The first-order valence-electron chi connectivity index (χ1n) is 4.47. The molecule has 0 radical (unpaired) electrons. The minimum atomic E-state index is -0.898. The molecule has 0 unspecified atom stereocenters. The number of carboxylic acids is 1. The molecule has 0 amide bonds. The third-order valence-electron chi connectivity index (χ3n) is 2.10. The Morgan fingerprint density at radius 3 is 2.53 bits per heavy atom. The molecule has 0 saturated carbocycles. The lowest BCUT2D eigenvalue weighted by Crippen LogP contribution is -2.05. The van der Waals surface area contributed by atoms with E-state index in [9.17, 15) is 4.79 Å². The maximum absolute atomic E-state index is 10.6. The molecule has 0 spiro atoms. The van der Waals surface area contributed by atoms with Gasteiger partial charge in [-0.3, -0.25) is 4.79 Å². The highest BCUT2D eigenvalue weighted by molar-refractivity contribution is 6.30. The van der Waals surface area contributed by atoms with Gasteiger partial charge in [0.1, 0.15) is 0 Å². The molecule has 0 aliphatic rings. The van der Waals surface area contributed by atoms with Crippen molar-refractivity contribution >= 4 is 17.6 Å². The third kappa shape index (κ3) is 3.61. The summed E-state index contributed by atoms with van der Waals surface area (Å²) in [5, 5.41) is 17.9. The van der Waals surface area contributed by atoms with Crippen molar-refractivity contribution in [3.63, 3.8) is 0 Å². The Balaban J connectivity index is 2.84. The van der Waals surface area contributed by atoms with Crippen LogP contribution in [0.2, 0.25) is 5.02 Å². The number of nitrogens with zero attached hydrogens (tertiary/aromatic N) is 1. The summed E-state index contributed by atoms with van der Waals surface area (Å²) in [4.78, 5) is 10.6. The van der Waals surface area contributed by atoms with E-state index in [1.54, 1.807) is 24.3 Å². The highest BCUT2D eigenvalue weighted by Crippen LogP contribution is 2.24. The molecule has 0 aromatic heterocycles. The Labute approximate surface area is 92.9 Å². The van der Waals surface area contributed by atoms with Crippen LogP contribution in [0.25, 0.3) is 0 Å². The molecule has 1 aromatic rings. The number of hydrogen-bond acceptors (Lipinski definition) is 2. The van der Waals surface area contributed by atoms with Gasteiger partial charge in [0.15, 0.2) is 0 Å². The molecule has 0 saturated heterocycles. The van der Waals surface area contributed by atoms with Crippen molar-refractivity contribution in [3.8, 4) is 6.07 Å². The quantitative estimate of drug-likeness (QED) is 0.854. The summed E-state index contributed by atoms with van der Waals surface area (Å²) in [7, 11) is 0. The number of aliphatic carboxylic acids is 1. The van der Waals surface area contributed by atoms with Crippen LogP contribution in [0.15, 0.2) is 24.3 Å². The molecule has 0 aliphatic carbocycles. The van der Waals surface area contributed by atoms with E-state index in [1.807, 2.05) is 6.07 Å². The van der Waals surface area contributed by atoms with Gasteiger partial charge in [0.2, 0.25) is 0 Å². The molecular weight excluding hydrogens is 214 g/mol. The van der Waals surface area contributed by atoms with Crippen LogP contribution in [0.5, 0.6) is 0 Å². The number of hydrogen-bond donors (Lipinski definition) is 1. The summed E-state index contributed by atoms with van der Waals surface area (Å²) >= 11 is 5.72. The molecule has 15 heavy (non-hydrogen) atoms. The van der Waals surface area contributed by atoms with Crippen LogP contribution in [0.1, 0.15) is 24.3 Å². The van der Waals surface area contributed by atoms with Crippen molar-refractivity contribution in [1.82, 2.24) is 0 Å². The highest BCUT2D eigenvalue weighted by Gasteiger charge is 2.14. The zero-order valence-electron chi connectivity index (χ0n) is 7.98. The predicted molar refractivity (Wildman–Crippen MR) is 56.7 cm³/mol. The first-order chi connectivity index (χ1) is 7.13. The van der Waals surface area contributed by atoms with Gasteiger partial charge in [-0.05, 0) is 17.7 Å². The van der Waals surface area contributed by atoms with E-state index < -0.39 is 5.97 Å². The van der Waals surface area contributed by atoms with E-state index in [0.717, 1.165) is 5.56 Å². The number of carbonyl (C=O) groups is 1. The van der Waals surface area contributed by atoms with Crippen molar-refractivity contribution in [2.45, 2.75) is 18.8 Å². The molecule has 0 bridgehead atoms. The van der Waals surface area contributed by atoms with Crippen LogP contribution in [-0.4, -0.2) is 11.1 Å². The van der Waals surface area contributed by atoms with Gasteiger partial charge in [0, 0.05) is 17.4 Å². The molecular formula is C11H10ClNO2. The standard InChI is InChI=1S/C11H10ClNO2/c12-10-3-1-8(2-4-10)9(5-6-13)7-11(14)15/h1-4,9H,5,7H2,(H,14,15)/t9-/m0/s1. The van der Waals surface area contributed by atoms with Crippen molar-refractivity contribution < 1.29 is 9.90 Å². The number of halogens is 1. The monoisotopic (exact) mass is 223 g/mol. The lowest BCUT2D eigenvalue weighted by Gasteiger charge is -2.11. The highest BCUT2D eigenvalue weighted by atomic mass is 35.5. The summed E-state index contributed by atoms with van der Waals surface area (Å²) in [6.45, 7) is 0. The van der Waals surface area contributed by atoms with Crippen LogP contribution < -0.4 is 0 Å². The zero-order valence-corrected chi connectivity index (χ0v) is 8.74. The van der Waals surface area contributed by atoms with Crippen molar-refractivity contribution in [3.05, 3.63) is 34.9 Å². The molecule has 3 nitrogen and oxygen atoms in total.